The Bertz CT molecular complexity index is 856. The summed E-state index contributed by atoms with van der Waals surface area (Å²) in [6, 6.07) is 7.08. The molecule has 8 heteroatoms. The van der Waals surface area contributed by atoms with Crippen LogP contribution in [0.3, 0.4) is 0 Å². The van der Waals surface area contributed by atoms with Crippen molar-refractivity contribution in [2.24, 2.45) is 5.92 Å². The van der Waals surface area contributed by atoms with Crippen molar-refractivity contribution < 1.29 is 18.0 Å². The third-order valence-electron chi connectivity index (χ3n) is 6.07. The lowest BCUT2D eigenvalue weighted by molar-refractivity contribution is -0.127. The number of piperidine rings is 1. The fourth-order valence-electron chi connectivity index (χ4n) is 4.33. The molecule has 2 aliphatic heterocycles. The minimum atomic E-state index is -3.49. The first kappa shape index (κ1) is 22.7. The zero-order valence-corrected chi connectivity index (χ0v) is 18.6. The Morgan fingerprint density at radius 1 is 1.20 bits per heavy atom. The van der Waals surface area contributed by atoms with Crippen LogP contribution in [0.4, 0.5) is 0 Å². The first-order valence-corrected chi connectivity index (χ1v) is 12.4. The van der Waals surface area contributed by atoms with Crippen LogP contribution in [0.25, 0.3) is 0 Å². The minimum Gasteiger partial charge on any atom is -0.356 e. The van der Waals surface area contributed by atoms with Gasteiger partial charge in [-0.3, -0.25) is 9.59 Å². The van der Waals surface area contributed by atoms with E-state index in [0.29, 0.717) is 50.3 Å². The van der Waals surface area contributed by atoms with Crippen molar-refractivity contribution in [3.05, 3.63) is 29.8 Å². The first-order chi connectivity index (χ1) is 14.4. The molecular formula is C22H33N3O4S. The molecule has 2 heterocycles. The van der Waals surface area contributed by atoms with Crippen molar-refractivity contribution in [2.75, 3.05) is 32.7 Å². The molecule has 30 heavy (non-hydrogen) atoms. The van der Waals surface area contributed by atoms with Crippen LogP contribution in [0.15, 0.2) is 29.2 Å². The molecule has 0 aromatic heterocycles. The van der Waals surface area contributed by atoms with Gasteiger partial charge in [-0.25, -0.2) is 8.42 Å². The van der Waals surface area contributed by atoms with Crippen LogP contribution >= 0.6 is 0 Å². The van der Waals surface area contributed by atoms with Crippen molar-refractivity contribution in [3.8, 4) is 0 Å². The second kappa shape index (κ2) is 10.4. The van der Waals surface area contributed by atoms with Gasteiger partial charge in [-0.2, -0.15) is 4.31 Å². The molecule has 2 fully saturated rings. The molecule has 166 valence electrons. The first-order valence-electron chi connectivity index (χ1n) is 11.0. The summed E-state index contributed by atoms with van der Waals surface area (Å²) >= 11 is 0. The molecule has 0 radical (unpaired) electrons. The molecule has 0 bridgehead atoms. The SMILES string of the molecule is Cc1ccccc1S(=O)(=O)N1CCCC(CCC(=O)NCCCN2CCCC2=O)C1. The maximum Gasteiger partial charge on any atom is 0.243 e. The summed E-state index contributed by atoms with van der Waals surface area (Å²) in [4.78, 5) is 26.0. The number of benzene rings is 1. The molecule has 1 atom stereocenters. The van der Waals surface area contributed by atoms with Crippen molar-refractivity contribution in [2.45, 2.75) is 56.8 Å². The highest BCUT2D eigenvalue weighted by Crippen LogP contribution is 2.27. The fourth-order valence-corrected chi connectivity index (χ4v) is 6.11. The van der Waals surface area contributed by atoms with E-state index in [-0.39, 0.29) is 17.7 Å². The van der Waals surface area contributed by atoms with E-state index in [9.17, 15) is 18.0 Å². The monoisotopic (exact) mass is 435 g/mol. The lowest BCUT2D eigenvalue weighted by atomic mass is 9.94. The van der Waals surface area contributed by atoms with Gasteiger partial charge in [-0.15, -0.1) is 0 Å². The predicted molar refractivity (Wildman–Crippen MR) is 115 cm³/mol. The van der Waals surface area contributed by atoms with Crippen LogP contribution in [0.5, 0.6) is 0 Å². The summed E-state index contributed by atoms with van der Waals surface area (Å²) in [5.41, 5.74) is 0.759. The molecular weight excluding hydrogens is 402 g/mol. The molecule has 2 amide bonds. The third-order valence-corrected chi connectivity index (χ3v) is 8.10. The van der Waals surface area contributed by atoms with Crippen molar-refractivity contribution in [1.82, 2.24) is 14.5 Å². The molecule has 0 aliphatic carbocycles. The topological polar surface area (TPSA) is 86.8 Å². The summed E-state index contributed by atoms with van der Waals surface area (Å²) in [5, 5.41) is 2.93. The van der Waals surface area contributed by atoms with Crippen LogP contribution in [-0.2, 0) is 19.6 Å². The van der Waals surface area contributed by atoms with E-state index >= 15 is 0 Å². The van der Waals surface area contributed by atoms with Gasteiger partial charge in [0, 0.05) is 45.6 Å². The van der Waals surface area contributed by atoms with Crippen molar-refractivity contribution in [1.29, 1.82) is 0 Å². The lowest BCUT2D eigenvalue weighted by Crippen LogP contribution is -2.40. The number of nitrogens with zero attached hydrogens (tertiary/aromatic N) is 2. The van der Waals surface area contributed by atoms with Crippen LogP contribution in [0.1, 0.15) is 50.5 Å². The molecule has 1 aromatic rings. The molecule has 0 spiro atoms. The zero-order valence-electron chi connectivity index (χ0n) is 17.8. The maximum absolute atomic E-state index is 13.0. The van der Waals surface area contributed by atoms with E-state index in [1.54, 1.807) is 16.4 Å². The molecule has 1 aromatic carbocycles. The van der Waals surface area contributed by atoms with E-state index in [4.69, 9.17) is 0 Å². The summed E-state index contributed by atoms with van der Waals surface area (Å²) in [5.74, 6) is 0.413. The number of hydrogen-bond acceptors (Lipinski definition) is 4. The Morgan fingerprint density at radius 2 is 2.00 bits per heavy atom. The van der Waals surface area contributed by atoms with Crippen LogP contribution < -0.4 is 5.32 Å². The molecule has 2 aliphatic rings. The van der Waals surface area contributed by atoms with Gasteiger partial charge in [0.2, 0.25) is 21.8 Å². The highest BCUT2D eigenvalue weighted by atomic mass is 32.2. The fraction of sp³-hybridized carbons (Fsp3) is 0.636. The smallest absolute Gasteiger partial charge is 0.243 e. The number of likely N-dealkylation sites (tertiary alicyclic amines) is 1. The highest BCUT2D eigenvalue weighted by Gasteiger charge is 2.31. The summed E-state index contributed by atoms with van der Waals surface area (Å²) < 4.78 is 27.6. The van der Waals surface area contributed by atoms with Gasteiger partial charge < -0.3 is 10.2 Å². The number of carbonyl (C=O) groups is 2. The summed E-state index contributed by atoms with van der Waals surface area (Å²) in [6.45, 7) is 4.93. The number of rotatable bonds is 9. The molecule has 1 N–H and O–H groups in total. The van der Waals surface area contributed by atoms with Gasteiger partial charge >= 0.3 is 0 Å². The van der Waals surface area contributed by atoms with Crippen LogP contribution in [0, 0.1) is 12.8 Å². The maximum atomic E-state index is 13.0. The predicted octanol–water partition coefficient (Wildman–Crippen LogP) is 2.30. The number of nitrogens with one attached hydrogen (secondary N) is 1. The largest absolute Gasteiger partial charge is 0.356 e. The normalized spacial score (nSPS) is 20.5. The number of aryl methyl sites for hydroxylation is 1. The van der Waals surface area contributed by atoms with E-state index in [1.165, 1.54) is 0 Å². The second-order valence-corrected chi connectivity index (χ2v) is 10.3. The van der Waals surface area contributed by atoms with Gasteiger partial charge in [0.25, 0.3) is 0 Å². The van der Waals surface area contributed by atoms with E-state index in [0.717, 1.165) is 37.8 Å². The van der Waals surface area contributed by atoms with E-state index in [1.807, 2.05) is 24.0 Å². The lowest BCUT2D eigenvalue weighted by Gasteiger charge is -2.32. The number of carbonyl (C=O) groups excluding carboxylic acids is 2. The van der Waals surface area contributed by atoms with Gasteiger partial charge in [0.05, 0.1) is 4.90 Å². The molecule has 0 saturated carbocycles. The summed E-state index contributed by atoms with van der Waals surface area (Å²) in [6.07, 6.45) is 5.21. The summed E-state index contributed by atoms with van der Waals surface area (Å²) in [7, 11) is -3.49. The molecule has 2 saturated heterocycles. The minimum absolute atomic E-state index is 0.00151. The average Bonchev–Trinajstić information content (AvgIpc) is 3.15. The Labute approximate surface area is 179 Å². The Morgan fingerprint density at radius 3 is 2.73 bits per heavy atom. The Kier molecular flexibility index (Phi) is 7.88. The standard InChI is InChI=1S/C22H33N3O4S/c1-18-7-2-3-9-20(18)30(28,29)25-16-4-8-19(17-25)11-12-21(26)23-13-6-15-24-14-5-10-22(24)27/h2-3,7,9,19H,4-6,8,10-17H2,1H3,(H,23,26). The van der Waals surface area contributed by atoms with Crippen molar-refractivity contribution >= 4 is 21.8 Å². The van der Waals surface area contributed by atoms with Gasteiger partial charge in [0.1, 0.15) is 0 Å². The quantitative estimate of drug-likeness (QED) is 0.603. The molecule has 3 rings (SSSR count). The number of sulfonamides is 1. The number of amides is 2. The third kappa shape index (κ3) is 5.82. The van der Waals surface area contributed by atoms with Gasteiger partial charge in [-0.1, -0.05) is 18.2 Å². The van der Waals surface area contributed by atoms with E-state index < -0.39 is 10.0 Å². The molecule has 1 unspecified atom stereocenters. The van der Waals surface area contributed by atoms with E-state index in [2.05, 4.69) is 5.32 Å². The van der Waals surface area contributed by atoms with Crippen LogP contribution in [0.2, 0.25) is 0 Å². The second-order valence-electron chi connectivity index (χ2n) is 8.36. The Balaban J connectivity index is 1.41. The molecule has 7 nitrogen and oxygen atoms in total. The van der Waals surface area contributed by atoms with Gasteiger partial charge in [0.15, 0.2) is 0 Å². The zero-order chi connectivity index (χ0) is 21.6. The number of hydrogen-bond donors (Lipinski definition) is 1. The Hall–Kier alpha value is -1.93. The van der Waals surface area contributed by atoms with Gasteiger partial charge in [-0.05, 0) is 56.6 Å². The van der Waals surface area contributed by atoms with Crippen LogP contribution in [-0.4, -0.2) is 62.2 Å². The van der Waals surface area contributed by atoms with Crippen molar-refractivity contribution in [3.63, 3.8) is 0 Å². The highest BCUT2D eigenvalue weighted by molar-refractivity contribution is 7.89. The average molecular weight is 436 g/mol.